The van der Waals surface area contributed by atoms with Gasteiger partial charge in [-0.25, -0.2) is 0 Å². The van der Waals surface area contributed by atoms with Crippen molar-refractivity contribution in [3.8, 4) is 0 Å². The van der Waals surface area contributed by atoms with E-state index in [9.17, 15) is 0 Å². The zero-order valence-electron chi connectivity index (χ0n) is 10.7. The molecule has 2 unspecified atom stereocenters. The molecule has 16 heavy (non-hydrogen) atoms. The Balaban J connectivity index is 1.71. The van der Waals surface area contributed by atoms with E-state index in [-0.39, 0.29) is 0 Å². The van der Waals surface area contributed by atoms with Gasteiger partial charge in [-0.05, 0) is 38.6 Å². The molecule has 3 nitrogen and oxygen atoms in total. The zero-order chi connectivity index (χ0) is 11.4. The first kappa shape index (κ1) is 12.3. The molecule has 1 aliphatic heterocycles. The second kappa shape index (κ2) is 5.99. The summed E-state index contributed by atoms with van der Waals surface area (Å²) in [7, 11) is 0. The van der Waals surface area contributed by atoms with Gasteiger partial charge < -0.3 is 10.1 Å². The van der Waals surface area contributed by atoms with Crippen LogP contribution < -0.4 is 5.32 Å². The van der Waals surface area contributed by atoms with Crippen LogP contribution in [0.25, 0.3) is 0 Å². The Labute approximate surface area is 99.5 Å². The molecule has 1 N–H and O–H groups in total. The van der Waals surface area contributed by atoms with E-state index >= 15 is 0 Å². The molecule has 2 aliphatic rings. The molecule has 0 aromatic carbocycles. The maximum absolute atomic E-state index is 5.51. The number of ether oxygens (including phenoxy) is 1. The highest BCUT2D eigenvalue weighted by Crippen LogP contribution is 2.20. The largest absolute Gasteiger partial charge is 0.380 e. The summed E-state index contributed by atoms with van der Waals surface area (Å²) in [5, 5.41) is 3.63. The van der Waals surface area contributed by atoms with Crippen LogP contribution in [0.5, 0.6) is 0 Å². The van der Waals surface area contributed by atoms with Gasteiger partial charge in [-0.2, -0.15) is 0 Å². The Morgan fingerprint density at radius 3 is 2.81 bits per heavy atom. The Bertz CT molecular complexity index is 198. The number of nitrogens with zero attached hydrogens (tertiary/aromatic N) is 1. The minimum absolute atomic E-state index is 0.674. The summed E-state index contributed by atoms with van der Waals surface area (Å²) in [6, 6.07) is 1.51. The SMILES string of the molecule is CC(CNC1CC1)C(C)N1CCCOCC1. The standard InChI is InChI=1S/C13H26N2O/c1-11(10-14-13-4-5-13)12(2)15-6-3-8-16-9-7-15/h11-14H,3-10H2,1-2H3. The monoisotopic (exact) mass is 226 g/mol. The van der Waals surface area contributed by atoms with Crippen molar-refractivity contribution in [2.24, 2.45) is 5.92 Å². The number of hydrogen-bond acceptors (Lipinski definition) is 3. The zero-order valence-corrected chi connectivity index (χ0v) is 10.7. The van der Waals surface area contributed by atoms with Crippen molar-refractivity contribution in [1.29, 1.82) is 0 Å². The van der Waals surface area contributed by atoms with E-state index < -0.39 is 0 Å². The predicted molar refractivity (Wildman–Crippen MR) is 66.7 cm³/mol. The van der Waals surface area contributed by atoms with E-state index in [1.807, 2.05) is 0 Å². The van der Waals surface area contributed by atoms with Crippen molar-refractivity contribution in [2.75, 3.05) is 32.8 Å². The van der Waals surface area contributed by atoms with Crippen molar-refractivity contribution < 1.29 is 4.74 Å². The second-order valence-electron chi connectivity index (χ2n) is 5.40. The first-order valence-electron chi connectivity index (χ1n) is 6.82. The molecular weight excluding hydrogens is 200 g/mol. The summed E-state index contributed by atoms with van der Waals surface area (Å²) < 4.78 is 5.51. The Morgan fingerprint density at radius 1 is 1.25 bits per heavy atom. The summed E-state index contributed by atoms with van der Waals surface area (Å²) in [6.45, 7) is 10.1. The summed E-state index contributed by atoms with van der Waals surface area (Å²) in [5.74, 6) is 0.735. The van der Waals surface area contributed by atoms with E-state index in [1.54, 1.807) is 0 Å². The van der Waals surface area contributed by atoms with Gasteiger partial charge >= 0.3 is 0 Å². The maximum Gasteiger partial charge on any atom is 0.0593 e. The molecule has 0 amide bonds. The summed E-state index contributed by atoms with van der Waals surface area (Å²) in [6.07, 6.45) is 3.96. The van der Waals surface area contributed by atoms with Crippen LogP contribution in [0.4, 0.5) is 0 Å². The summed E-state index contributed by atoms with van der Waals surface area (Å²) >= 11 is 0. The Hall–Kier alpha value is -0.120. The molecule has 0 aromatic heterocycles. The van der Waals surface area contributed by atoms with Gasteiger partial charge in [0.15, 0.2) is 0 Å². The predicted octanol–water partition coefficient (Wildman–Crippen LogP) is 1.49. The lowest BCUT2D eigenvalue weighted by Crippen LogP contribution is -2.42. The first-order valence-corrected chi connectivity index (χ1v) is 6.82. The lowest BCUT2D eigenvalue weighted by Gasteiger charge is -2.32. The van der Waals surface area contributed by atoms with Crippen LogP contribution in [-0.4, -0.2) is 49.8 Å². The fourth-order valence-electron chi connectivity index (χ4n) is 2.34. The highest BCUT2D eigenvalue weighted by molar-refractivity contribution is 4.83. The highest BCUT2D eigenvalue weighted by Gasteiger charge is 2.24. The fraction of sp³-hybridized carbons (Fsp3) is 1.00. The summed E-state index contributed by atoms with van der Waals surface area (Å²) in [4.78, 5) is 2.59. The van der Waals surface area contributed by atoms with Crippen molar-refractivity contribution in [2.45, 2.75) is 45.2 Å². The van der Waals surface area contributed by atoms with E-state index in [0.717, 1.165) is 31.7 Å². The highest BCUT2D eigenvalue weighted by atomic mass is 16.5. The van der Waals surface area contributed by atoms with E-state index in [2.05, 4.69) is 24.1 Å². The average molecular weight is 226 g/mol. The Morgan fingerprint density at radius 2 is 2.06 bits per heavy atom. The van der Waals surface area contributed by atoms with Gasteiger partial charge in [0.2, 0.25) is 0 Å². The molecule has 0 radical (unpaired) electrons. The molecule has 2 atom stereocenters. The van der Waals surface area contributed by atoms with Gasteiger partial charge in [-0.1, -0.05) is 6.92 Å². The van der Waals surface area contributed by atoms with Gasteiger partial charge in [0.1, 0.15) is 0 Å². The quantitative estimate of drug-likeness (QED) is 0.768. The van der Waals surface area contributed by atoms with E-state index in [0.29, 0.717) is 6.04 Å². The lowest BCUT2D eigenvalue weighted by molar-refractivity contribution is 0.122. The molecule has 0 spiro atoms. The fourth-order valence-corrected chi connectivity index (χ4v) is 2.34. The third-order valence-corrected chi connectivity index (χ3v) is 3.96. The van der Waals surface area contributed by atoms with Crippen molar-refractivity contribution in [3.63, 3.8) is 0 Å². The van der Waals surface area contributed by atoms with E-state index in [4.69, 9.17) is 4.74 Å². The van der Waals surface area contributed by atoms with Gasteiger partial charge in [-0.15, -0.1) is 0 Å². The molecule has 1 heterocycles. The smallest absolute Gasteiger partial charge is 0.0593 e. The number of nitrogens with one attached hydrogen (secondary N) is 1. The third kappa shape index (κ3) is 3.72. The van der Waals surface area contributed by atoms with E-state index in [1.165, 1.54) is 32.4 Å². The lowest BCUT2D eigenvalue weighted by atomic mass is 10.0. The molecule has 2 fully saturated rings. The van der Waals surface area contributed by atoms with Crippen molar-refractivity contribution in [3.05, 3.63) is 0 Å². The van der Waals surface area contributed by atoms with Gasteiger partial charge in [-0.3, -0.25) is 4.90 Å². The Kier molecular flexibility index (Phi) is 4.62. The molecule has 0 bridgehead atoms. The van der Waals surface area contributed by atoms with Crippen LogP contribution in [0.2, 0.25) is 0 Å². The van der Waals surface area contributed by atoms with Crippen LogP contribution >= 0.6 is 0 Å². The van der Waals surface area contributed by atoms with Crippen LogP contribution in [-0.2, 0) is 4.74 Å². The van der Waals surface area contributed by atoms with Gasteiger partial charge in [0.05, 0.1) is 6.61 Å². The molecule has 1 saturated heterocycles. The molecule has 1 saturated carbocycles. The molecule has 3 heteroatoms. The maximum atomic E-state index is 5.51. The third-order valence-electron chi connectivity index (χ3n) is 3.96. The number of hydrogen-bond donors (Lipinski definition) is 1. The molecular formula is C13H26N2O. The molecule has 2 rings (SSSR count). The minimum Gasteiger partial charge on any atom is -0.380 e. The van der Waals surface area contributed by atoms with Crippen molar-refractivity contribution in [1.82, 2.24) is 10.2 Å². The van der Waals surface area contributed by atoms with Crippen LogP contribution in [0.15, 0.2) is 0 Å². The van der Waals surface area contributed by atoms with Crippen molar-refractivity contribution >= 4 is 0 Å². The first-order chi connectivity index (χ1) is 7.77. The molecule has 94 valence electrons. The van der Waals surface area contributed by atoms with Gasteiger partial charge in [0.25, 0.3) is 0 Å². The normalized spacial score (nSPS) is 27.4. The molecule has 0 aromatic rings. The summed E-state index contributed by atoms with van der Waals surface area (Å²) in [5.41, 5.74) is 0. The number of rotatable bonds is 5. The van der Waals surface area contributed by atoms with Gasteiger partial charge in [0, 0.05) is 31.8 Å². The van der Waals surface area contributed by atoms with Crippen LogP contribution in [0, 0.1) is 5.92 Å². The molecule has 1 aliphatic carbocycles. The average Bonchev–Trinajstić information content (AvgIpc) is 3.11. The second-order valence-corrected chi connectivity index (χ2v) is 5.40. The topological polar surface area (TPSA) is 24.5 Å². The van der Waals surface area contributed by atoms with Crippen LogP contribution in [0.1, 0.15) is 33.1 Å². The minimum atomic E-state index is 0.674. The van der Waals surface area contributed by atoms with Crippen LogP contribution in [0.3, 0.4) is 0 Å².